The van der Waals surface area contributed by atoms with Crippen molar-refractivity contribution in [2.75, 3.05) is 25.1 Å². The van der Waals surface area contributed by atoms with Crippen LogP contribution < -0.4 is 4.90 Å². The number of halogens is 2. The summed E-state index contributed by atoms with van der Waals surface area (Å²) in [6.45, 7) is 5.50. The van der Waals surface area contributed by atoms with Gasteiger partial charge in [-0.05, 0) is 25.5 Å². The molecule has 1 aromatic rings. The van der Waals surface area contributed by atoms with E-state index in [2.05, 4.69) is 4.98 Å². The molecule has 0 saturated heterocycles. The number of ether oxygens (including phenoxy) is 1. The number of hydrogen-bond acceptors (Lipinski definition) is 3. The maximum atomic E-state index is 5.96. The topological polar surface area (TPSA) is 25.4 Å². The molecule has 0 N–H and O–H groups in total. The van der Waals surface area contributed by atoms with Crippen LogP contribution in [-0.4, -0.2) is 31.3 Å². The van der Waals surface area contributed by atoms with Crippen LogP contribution in [0.4, 0.5) is 5.82 Å². The van der Waals surface area contributed by atoms with Gasteiger partial charge in [0.25, 0.3) is 0 Å². The molecule has 3 nitrogen and oxygen atoms in total. The summed E-state index contributed by atoms with van der Waals surface area (Å²) in [5.41, 5.74) is 0.898. The van der Waals surface area contributed by atoms with Crippen molar-refractivity contribution in [3.05, 3.63) is 22.8 Å². The Hall–Kier alpha value is -0.510. The van der Waals surface area contributed by atoms with Crippen molar-refractivity contribution >= 4 is 29.0 Å². The first-order chi connectivity index (χ1) is 8.04. The predicted molar refractivity (Wildman–Crippen MR) is 73.2 cm³/mol. The summed E-state index contributed by atoms with van der Waals surface area (Å²) < 4.78 is 5.49. The summed E-state index contributed by atoms with van der Waals surface area (Å²) in [7, 11) is 1.97. The Bertz CT molecular complexity index is 358. The second-order valence-corrected chi connectivity index (χ2v) is 4.78. The van der Waals surface area contributed by atoms with Crippen molar-refractivity contribution in [3.8, 4) is 0 Å². The monoisotopic (exact) mass is 276 g/mol. The van der Waals surface area contributed by atoms with Crippen LogP contribution >= 0.6 is 23.2 Å². The molecule has 0 spiro atoms. The Labute approximate surface area is 113 Å². The highest BCUT2D eigenvalue weighted by atomic mass is 35.5. The van der Waals surface area contributed by atoms with Gasteiger partial charge in [0.15, 0.2) is 0 Å². The average molecular weight is 277 g/mol. The summed E-state index contributed by atoms with van der Waals surface area (Å²) in [5.74, 6) is 1.25. The molecule has 1 heterocycles. The molecule has 0 aliphatic carbocycles. The quantitative estimate of drug-likeness (QED) is 0.746. The minimum absolute atomic E-state index is 0.250. The lowest BCUT2D eigenvalue weighted by atomic mass is 10.3. The molecule has 0 bridgehead atoms. The molecule has 0 saturated carbocycles. The molecule has 0 amide bonds. The van der Waals surface area contributed by atoms with E-state index in [9.17, 15) is 0 Å². The molecule has 0 atom stereocenters. The first kappa shape index (κ1) is 14.6. The van der Waals surface area contributed by atoms with Gasteiger partial charge in [-0.1, -0.05) is 11.6 Å². The van der Waals surface area contributed by atoms with Gasteiger partial charge in [0.05, 0.1) is 17.7 Å². The molecule has 0 aliphatic heterocycles. The van der Waals surface area contributed by atoms with E-state index in [0.717, 1.165) is 17.9 Å². The van der Waals surface area contributed by atoms with E-state index in [1.165, 1.54) is 0 Å². The van der Waals surface area contributed by atoms with E-state index in [4.69, 9.17) is 27.9 Å². The fourth-order valence-corrected chi connectivity index (χ4v) is 1.78. The fraction of sp³-hybridized carbons (Fsp3) is 0.583. The molecule has 96 valence electrons. The average Bonchev–Trinajstić information content (AvgIpc) is 2.29. The lowest BCUT2D eigenvalue weighted by molar-refractivity contribution is 0.0845. The predicted octanol–water partition coefficient (Wildman–Crippen LogP) is 3.34. The lowest BCUT2D eigenvalue weighted by Gasteiger charge is -2.19. The molecule has 0 radical (unpaired) electrons. The Morgan fingerprint density at radius 1 is 1.47 bits per heavy atom. The molecular weight excluding hydrogens is 259 g/mol. The summed E-state index contributed by atoms with van der Waals surface area (Å²) in [4.78, 5) is 6.29. The highest BCUT2D eigenvalue weighted by Crippen LogP contribution is 2.21. The van der Waals surface area contributed by atoms with Crippen molar-refractivity contribution in [2.24, 2.45) is 0 Å². The molecule has 1 aromatic heterocycles. The number of likely N-dealkylation sites (N-methyl/N-ethyl adjacent to an activating group) is 1. The Balaban J connectivity index is 2.59. The zero-order valence-electron chi connectivity index (χ0n) is 10.4. The van der Waals surface area contributed by atoms with Crippen LogP contribution in [0, 0.1) is 0 Å². The SMILES string of the molecule is CC(C)OCCN(C)c1cc(CCl)c(Cl)cn1. The number of alkyl halides is 1. The van der Waals surface area contributed by atoms with E-state index in [1.807, 2.05) is 31.9 Å². The van der Waals surface area contributed by atoms with Crippen LogP contribution in [0.5, 0.6) is 0 Å². The smallest absolute Gasteiger partial charge is 0.128 e. The van der Waals surface area contributed by atoms with E-state index in [0.29, 0.717) is 17.5 Å². The van der Waals surface area contributed by atoms with Crippen LogP contribution in [0.2, 0.25) is 5.02 Å². The van der Waals surface area contributed by atoms with Crippen molar-refractivity contribution < 1.29 is 4.74 Å². The first-order valence-electron chi connectivity index (χ1n) is 5.57. The molecule has 5 heteroatoms. The molecule has 0 fully saturated rings. The first-order valence-corrected chi connectivity index (χ1v) is 6.49. The van der Waals surface area contributed by atoms with Crippen molar-refractivity contribution in [2.45, 2.75) is 25.8 Å². The van der Waals surface area contributed by atoms with Gasteiger partial charge >= 0.3 is 0 Å². The number of pyridine rings is 1. The highest BCUT2D eigenvalue weighted by Gasteiger charge is 2.06. The molecule has 0 aromatic carbocycles. The maximum Gasteiger partial charge on any atom is 0.128 e. The largest absolute Gasteiger partial charge is 0.377 e. The van der Waals surface area contributed by atoms with Crippen molar-refractivity contribution in [3.63, 3.8) is 0 Å². The standard InChI is InChI=1S/C12H18Cl2N2O/c1-9(2)17-5-4-16(3)12-6-10(7-13)11(14)8-15-12/h6,8-9H,4-5,7H2,1-3H3. The summed E-state index contributed by atoms with van der Waals surface area (Å²) >= 11 is 11.8. The van der Waals surface area contributed by atoms with Crippen LogP contribution in [-0.2, 0) is 10.6 Å². The van der Waals surface area contributed by atoms with E-state index >= 15 is 0 Å². The second-order valence-electron chi connectivity index (χ2n) is 4.11. The van der Waals surface area contributed by atoms with E-state index in [-0.39, 0.29) is 6.10 Å². The highest BCUT2D eigenvalue weighted by molar-refractivity contribution is 6.32. The summed E-state index contributed by atoms with van der Waals surface area (Å²) in [6, 6.07) is 1.91. The third-order valence-corrected chi connectivity index (χ3v) is 2.96. The Morgan fingerprint density at radius 3 is 2.76 bits per heavy atom. The normalized spacial score (nSPS) is 10.9. The molecule has 17 heavy (non-hydrogen) atoms. The second kappa shape index (κ2) is 7.04. The number of aromatic nitrogens is 1. The zero-order valence-corrected chi connectivity index (χ0v) is 11.9. The molecule has 0 aliphatic rings. The lowest BCUT2D eigenvalue weighted by Crippen LogP contribution is -2.24. The number of rotatable bonds is 6. The Morgan fingerprint density at radius 2 is 2.18 bits per heavy atom. The van der Waals surface area contributed by atoms with Gasteiger partial charge in [0, 0.05) is 25.7 Å². The van der Waals surface area contributed by atoms with Crippen LogP contribution in [0.3, 0.4) is 0 Å². The maximum absolute atomic E-state index is 5.96. The summed E-state index contributed by atoms with van der Waals surface area (Å²) in [6.07, 6.45) is 1.88. The van der Waals surface area contributed by atoms with Gasteiger partial charge in [-0.25, -0.2) is 4.98 Å². The summed E-state index contributed by atoms with van der Waals surface area (Å²) in [5, 5.41) is 0.607. The minimum Gasteiger partial charge on any atom is -0.377 e. The van der Waals surface area contributed by atoms with Crippen LogP contribution in [0.25, 0.3) is 0 Å². The molecular formula is C12H18Cl2N2O. The third-order valence-electron chi connectivity index (χ3n) is 2.33. The van der Waals surface area contributed by atoms with Gasteiger partial charge in [0.2, 0.25) is 0 Å². The Kier molecular flexibility index (Phi) is 6.03. The van der Waals surface area contributed by atoms with Gasteiger partial charge in [-0.15, -0.1) is 11.6 Å². The van der Waals surface area contributed by atoms with Gasteiger partial charge in [-0.3, -0.25) is 0 Å². The van der Waals surface area contributed by atoms with Crippen LogP contribution in [0.15, 0.2) is 12.3 Å². The number of anilines is 1. The van der Waals surface area contributed by atoms with Gasteiger partial charge in [-0.2, -0.15) is 0 Å². The molecule has 1 rings (SSSR count). The molecule has 0 unspecified atom stereocenters. The van der Waals surface area contributed by atoms with Crippen molar-refractivity contribution in [1.29, 1.82) is 0 Å². The van der Waals surface area contributed by atoms with E-state index in [1.54, 1.807) is 6.20 Å². The number of nitrogens with zero attached hydrogens (tertiary/aromatic N) is 2. The fourth-order valence-electron chi connectivity index (χ4n) is 1.32. The van der Waals surface area contributed by atoms with Crippen LogP contribution in [0.1, 0.15) is 19.4 Å². The number of hydrogen-bond donors (Lipinski definition) is 0. The van der Waals surface area contributed by atoms with Gasteiger partial charge < -0.3 is 9.64 Å². The minimum atomic E-state index is 0.250. The third kappa shape index (κ3) is 4.70. The van der Waals surface area contributed by atoms with E-state index < -0.39 is 0 Å². The van der Waals surface area contributed by atoms with Gasteiger partial charge in [0.1, 0.15) is 5.82 Å². The zero-order chi connectivity index (χ0) is 12.8. The van der Waals surface area contributed by atoms with Crippen molar-refractivity contribution in [1.82, 2.24) is 4.98 Å².